The van der Waals surface area contributed by atoms with E-state index in [-0.39, 0.29) is 17.5 Å². The van der Waals surface area contributed by atoms with Crippen molar-refractivity contribution in [2.24, 2.45) is 0 Å². The van der Waals surface area contributed by atoms with E-state index in [0.717, 1.165) is 34.7 Å². The van der Waals surface area contributed by atoms with Gasteiger partial charge in [-0.05, 0) is 51.5 Å². The molecule has 1 unspecified atom stereocenters. The molecule has 0 aliphatic heterocycles. The zero-order chi connectivity index (χ0) is 24.2. The van der Waals surface area contributed by atoms with E-state index in [1.165, 1.54) is 18.2 Å². The van der Waals surface area contributed by atoms with Crippen molar-refractivity contribution in [3.8, 4) is 5.75 Å². The number of thioether (sulfide) groups is 1. The number of para-hydroxylation sites is 1. The Morgan fingerprint density at radius 2 is 1.91 bits per heavy atom. The van der Waals surface area contributed by atoms with Crippen LogP contribution in [0.4, 0.5) is 18.9 Å². The number of anilines is 1. The van der Waals surface area contributed by atoms with Gasteiger partial charge >= 0.3 is 6.18 Å². The van der Waals surface area contributed by atoms with Crippen molar-refractivity contribution in [2.45, 2.75) is 51.7 Å². The van der Waals surface area contributed by atoms with Crippen LogP contribution in [0.3, 0.4) is 0 Å². The van der Waals surface area contributed by atoms with Crippen molar-refractivity contribution in [3.05, 3.63) is 65.0 Å². The molecule has 1 heterocycles. The summed E-state index contributed by atoms with van der Waals surface area (Å²) in [6.07, 6.45) is -4.94. The Labute approximate surface area is 194 Å². The molecule has 6 nitrogen and oxygen atoms in total. The molecule has 0 aliphatic carbocycles. The van der Waals surface area contributed by atoms with Crippen LogP contribution in [0.1, 0.15) is 42.5 Å². The zero-order valence-electron chi connectivity index (χ0n) is 18.7. The Kier molecular flexibility index (Phi) is 7.68. The molecule has 0 radical (unpaired) electrons. The van der Waals surface area contributed by atoms with Crippen LogP contribution >= 0.6 is 11.8 Å². The van der Waals surface area contributed by atoms with Gasteiger partial charge in [0.15, 0.2) is 17.1 Å². The standard InChI is InChI=1S/C23H25F3N4O2S/c1-5-30-21(16(4)32-19-11-10-14(2)12-15(19)3)28-29-22(30)33-13-20(31)27-18-9-7-6-8-17(18)23(24,25)26/h6-12,16H,5,13H2,1-4H3,(H,27,31). The van der Waals surface area contributed by atoms with Gasteiger partial charge in [0.25, 0.3) is 0 Å². The summed E-state index contributed by atoms with van der Waals surface area (Å²) in [5.41, 5.74) is 0.984. The van der Waals surface area contributed by atoms with Crippen LogP contribution < -0.4 is 10.1 Å². The van der Waals surface area contributed by atoms with Crippen molar-refractivity contribution in [3.63, 3.8) is 0 Å². The van der Waals surface area contributed by atoms with Crippen LogP contribution in [0.15, 0.2) is 47.6 Å². The minimum absolute atomic E-state index is 0.114. The van der Waals surface area contributed by atoms with Gasteiger partial charge in [-0.3, -0.25) is 4.79 Å². The Morgan fingerprint density at radius 3 is 2.58 bits per heavy atom. The normalized spacial score (nSPS) is 12.5. The summed E-state index contributed by atoms with van der Waals surface area (Å²) in [6.45, 7) is 8.31. The predicted octanol–water partition coefficient (Wildman–Crippen LogP) is 5.80. The molecule has 1 aromatic heterocycles. The molecule has 1 N–H and O–H groups in total. The second kappa shape index (κ2) is 10.3. The van der Waals surface area contributed by atoms with E-state index < -0.39 is 17.6 Å². The second-order valence-corrected chi connectivity index (χ2v) is 8.44. The van der Waals surface area contributed by atoms with E-state index >= 15 is 0 Å². The van der Waals surface area contributed by atoms with Gasteiger partial charge in [-0.25, -0.2) is 0 Å². The van der Waals surface area contributed by atoms with Crippen LogP contribution in [-0.2, 0) is 17.5 Å². The lowest BCUT2D eigenvalue weighted by atomic mass is 10.1. The predicted molar refractivity (Wildman–Crippen MR) is 121 cm³/mol. The molecule has 3 rings (SSSR count). The summed E-state index contributed by atoms with van der Waals surface area (Å²) >= 11 is 1.10. The summed E-state index contributed by atoms with van der Waals surface area (Å²) < 4.78 is 47.3. The molecule has 0 bridgehead atoms. The first kappa shape index (κ1) is 24.6. The smallest absolute Gasteiger partial charge is 0.418 e. The lowest BCUT2D eigenvalue weighted by Crippen LogP contribution is -2.18. The van der Waals surface area contributed by atoms with Gasteiger partial charge in [0, 0.05) is 6.54 Å². The second-order valence-electron chi connectivity index (χ2n) is 7.49. The fraction of sp³-hybridized carbons (Fsp3) is 0.348. The highest BCUT2D eigenvalue weighted by molar-refractivity contribution is 7.99. The van der Waals surface area contributed by atoms with E-state index in [9.17, 15) is 18.0 Å². The molecule has 1 amide bonds. The van der Waals surface area contributed by atoms with Crippen molar-refractivity contribution >= 4 is 23.4 Å². The first-order chi connectivity index (χ1) is 15.6. The highest BCUT2D eigenvalue weighted by Gasteiger charge is 2.33. The first-order valence-electron chi connectivity index (χ1n) is 10.4. The highest BCUT2D eigenvalue weighted by Crippen LogP contribution is 2.34. The maximum atomic E-state index is 13.1. The van der Waals surface area contributed by atoms with E-state index in [1.54, 1.807) is 0 Å². The van der Waals surface area contributed by atoms with E-state index in [4.69, 9.17) is 4.74 Å². The van der Waals surface area contributed by atoms with Crippen LogP contribution in [0.25, 0.3) is 0 Å². The highest BCUT2D eigenvalue weighted by atomic mass is 32.2. The molecule has 0 saturated carbocycles. The quantitative estimate of drug-likeness (QED) is 0.414. The summed E-state index contributed by atoms with van der Waals surface area (Å²) in [6, 6.07) is 10.8. The number of halogens is 3. The van der Waals surface area contributed by atoms with Gasteiger partial charge in [-0.2, -0.15) is 13.2 Å². The van der Waals surface area contributed by atoms with E-state index in [1.807, 2.05) is 50.5 Å². The molecule has 3 aromatic rings. The fourth-order valence-corrected chi connectivity index (χ4v) is 4.14. The van der Waals surface area contributed by atoms with Gasteiger partial charge in [0.2, 0.25) is 5.91 Å². The minimum Gasteiger partial charge on any atom is -0.482 e. The number of alkyl halides is 3. The molecule has 1 atom stereocenters. The number of benzene rings is 2. The SMILES string of the molecule is CCn1c(SCC(=O)Nc2ccccc2C(F)(F)F)nnc1C(C)Oc1ccc(C)cc1C. The molecular weight excluding hydrogens is 453 g/mol. The number of aromatic nitrogens is 3. The number of ether oxygens (including phenoxy) is 1. The molecule has 0 fully saturated rings. The number of aryl methyl sites for hydroxylation is 2. The van der Waals surface area contributed by atoms with Gasteiger partial charge in [0.05, 0.1) is 17.0 Å². The number of carbonyl (C=O) groups excluding carboxylic acids is 1. The number of amides is 1. The Morgan fingerprint density at radius 1 is 1.18 bits per heavy atom. The van der Waals surface area contributed by atoms with Gasteiger partial charge in [-0.1, -0.05) is 41.6 Å². The number of hydrogen-bond donors (Lipinski definition) is 1. The molecular formula is C23H25F3N4O2S. The average molecular weight is 479 g/mol. The number of nitrogens with zero attached hydrogens (tertiary/aromatic N) is 3. The van der Waals surface area contributed by atoms with E-state index in [2.05, 4.69) is 15.5 Å². The van der Waals surface area contributed by atoms with Crippen molar-refractivity contribution in [1.29, 1.82) is 0 Å². The van der Waals surface area contributed by atoms with Gasteiger partial charge in [0.1, 0.15) is 5.75 Å². The molecule has 0 saturated heterocycles. The Hall–Kier alpha value is -3.01. The number of nitrogens with one attached hydrogen (secondary N) is 1. The van der Waals surface area contributed by atoms with Crippen LogP contribution in [0.2, 0.25) is 0 Å². The van der Waals surface area contributed by atoms with Crippen LogP contribution in [-0.4, -0.2) is 26.4 Å². The largest absolute Gasteiger partial charge is 0.482 e. The summed E-state index contributed by atoms with van der Waals surface area (Å²) in [4.78, 5) is 12.3. The third kappa shape index (κ3) is 6.07. The fourth-order valence-electron chi connectivity index (χ4n) is 3.34. The summed E-state index contributed by atoms with van der Waals surface area (Å²) in [5.74, 6) is 0.665. The number of rotatable bonds is 8. The first-order valence-corrected chi connectivity index (χ1v) is 11.3. The lowest BCUT2D eigenvalue weighted by molar-refractivity contribution is -0.137. The van der Waals surface area contributed by atoms with Gasteiger partial charge in [-0.15, -0.1) is 10.2 Å². The summed E-state index contributed by atoms with van der Waals surface area (Å²) in [7, 11) is 0. The number of carbonyl (C=O) groups is 1. The summed E-state index contributed by atoms with van der Waals surface area (Å²) in [5, 5.41) is 11.2. The number of hydrogen-bond acceptors (Lipinski definition) is 5. The lowest BCUT2D eigenvalue weighted by Gasteiger charge is -2.17. The van der Waals surface area contributed by atoms with Gasteiger partial charge < -0.3 is 14.6 Å². The molecule has 0 aliphatic rings. The molecule has 33 heavy (non-hydrogen) atoms. The van der Waals surface area contributed by atoms with Crippen LogP contribution in [0, 0.1) is 13.8 Å². The molecule has 2 aromatic carbocycles. The third-order valence-electron chi connectivity index (χ3n) is 4.90. The van der Waals surface area contributed by atoms with Crippen LogP contribution in [0.5, 0.6) is 5.75 Å². The Balaban J connectivity index is 1.67. The monoisotopic (exact) mass is 478 g/mol. The topological polar surface area (TPSA) is 69.0 Å². The molecule has 10 heteroatoms. The minimum atomic E-state index is -4.56. The average Bonchev–Trinajstić information content (AvgIpc) is 3.17. The zero-order valence-corrected chi connectivity index (χ0v) is 19.5. The molecule has 0 spiro atoms. The van der Waals surface area contributed by atoms with Crippen molar-refractivity contribution < 1.29 is 22.7 Å². The Bertz CT molecular complexity index is 1130. The maximum absolute atomic E-state index is 13.1. The maximum Gasteiger partial charge on any atom is 0.418 e. The van der Waals surface area contributed by atoms with Crippen molar-refractivity contribution in [2.75, 3.05) is 11.1 Å². The van der Waals surface area contributed by atoms with E-state index in [0.29, 0.717) is 17.5 Å². The molecule has 176 valence electrons. The third-order valence-corrected chi connectivity index (χ3v) is 5.87. The van der Waals surface area contributed by atoms with Crippen molar-refractivity contribution in [1.82, 2.24) is 14.8 Å².